The maximum absolute atomic E-state index is 12.2. The van der Waals surface area contributed by atoms with Gasteiger partial charge >= 0.3 is 6.36 Å². The van der Waals surface area contributed by atoms with Crippen LogP contribution >= 0.6 is 0 Å². The molecule has 1 aliphatic carbocycles. The largest absolute Gasteiger partial charge is 0.573 e. The lowest BCUT2D eigenvalue weighted by molar-refractivity contribution is -0.274. The molecule has 0 N–H and O–H groups in total. The number of hydrogen-bond acceptors (Lipinski definition) is 1. The third kappa shape index (κ3) is 1.99. The number of alkyl halides is 3. The second-order valence-corrected chi connectivity index (χ2v) is 3.77. The summed E-state index contributed by atoms with van der Waals surface area (Å²) in [7, 11) is 0. The second-order valence-electron chi connectivity index (χ2n) is 3.77. The Balaban J connectivity index is 2.36. The van der Waals surface area contributed by atoms with Crippen molar-refractivity contribution in [2.75, 3.05) is 0 Å². The Bertz CT molecular complexity index is 438. The molecule has 0 aliphatic heterocycles. The molecule has 1 fully saturated rings. The van der Waals surface area contributed by atoms with Gasteiger partial charge in [-0.3, -0.25) is 0 Å². The van der Waals surface area contributed by atoms with Crippen LogP contribution in [0.1, 0.15) is 18.4 Å². The lowest BCUT2D eigenvalue weighted by Crippen LogP contribution is -2.19. The smallest absolute Gasteiger partial charge is 0.405 e. The van der Waals surface area contributed by atoms with Crippen LogP contribution in [-0.2, 0) is 5.41 Å². The van der Waals surface area contributed by atoms with Gasteiger partial charge in [0.05, 0.1) is 5.41 Å². The van der Waals surface area contributed by atoms with Crippen LogP contribution in [-0.4, -0.2) is 6.36 Å². The number of hydrogen-bond donors (Lipinski definition) is 0. The van der Waals surface area contributed by atoms with Crippen molar-refractivity contribution in [3.8, 4) is 18.1 Å². The minimum absolute atomic E-state index is 0.189. The Morgan fingerprint density at radius 2 is 1.88 bits per heavy atom. The SMILES string of the molecule is C#CC1(c2ccccc2OC(F)(F)F)CC1. The van der Waals surface area contributed by atoms with Gasteiger partial charge in [-0.1, -0.05) is 24.1 Å². The topological polar surface area (TPSA) is 9.23 Å². The fourth-order valence-electron chi connectivity index (χ4n) is 1.69. The molecule has 1 nitrogen and oxygen atoms in total. The summed E-state index contributed by atoms with van der Waals surface area (Å²) in [5, 5.41) is 0. The number of rotatable bonds is 2. The first kappa shape index (κ1) is 10.9. The zero-order chi connectivity index (χ0) is 11.8. The van der Waals surface area contributed by atoms with E-state index in [4.69, 9.17) is 6.42 Å². The van der Waals surface area contributed by atoms with E-state index in [9.17, 15) is 13.2 Å². The molecule has 1 saturated carbocycles. The van der Waals surface area contributed by atoms with Crippen molar-refractivity contribution in [1.29, 1.82) is 0 Å². The molecule has 4 heteroatoms. The Morgan fingerprint density at radius 1 is 1.25 bits per heavy atom. The standard InChI is InChI=1S/C12H9F3O/c1-2-11(7-8-11)9-5-3-4-6-10(9)16-12(13,14)15/h1,3-6H,7-8H2. The van der Waals surface area contributed by atoms with E-state index in [1.807, 2.05) is 0 Å². The highest BCUT2D eigenvalue weighted by molar-refractivity contribution is 5.49. The number of terminal acetylenes is 1. The van der Waals surface area contributed by atoms with Crippen LogP contribution in [0.5, 0.6) is 5.75 Å². The molecule has 2 rings (SSSR count). The molecule has 0 amide bonds. The molecule has 0 unspecified atom stereocenters. The van der Waals surface area contributed by atoms with E-state index < -0.39 is 11.8 Å². The van der Waals surface area contributed by atoms with Crippen molar-refractivity contribution in [2.24, 2.45) is 0 Å². The number of para-hydroxylation sites is 1. The first-order chi connectivity index (χ1) is 7.47. The van der Waals surface area contributed by atoms with E-state index >= 15 is 0 Å². The average Bonchev–Trinajstić information content (AvgIpc) is 2.97. The van der Waals surface area contributed by atoms with Gasteiger partial charge in [-0.25, -0.2) is 0 Å². The zero-order valence-electron chi connectivity index (χ0n) is 8.34. The van der Waals surface area contributed by atoms with Gasteiger partial charge in [-0.2, -0.15) is 0 Å². The minimum atomic E-state index is -4.68. The second kappa shape index (κ2) is 3.44. The van der Waals surface area contributed by atoms with Gasteiger partial charge in [0, 0.05) is 5.56 Å². The van der Waals surface area contributed by atoms with Crippen molar-refractivity contribution in [1.82, 2.24) is 0 Å². The predicted molar refractivity (Wildman–Crippen MR) is 52.9 cm³/mol. The first-order valence-corrected chi connectivity index (χ1v) is 4.80. The molecule has 0 atom stereocenters. The highest BCUT2D eigenvalue weighted by Gasteiger charge is 2.45. The number of benzene rings is 1. The molecule has 16 heavy (non-hydrogen) atoms. The molecule has 1 aromatic carbocycles. The van der Waals surface area contributed by atoms with Crippen molar-refractivity contribution >= 4 is 0 Å². The van der Waals surface area contributed by atoms with Crippen molar-refractivity contribution in [3.63, 3.8) is 0 Å². The normalized spacial score (nSPS) is 17.6. The molecular weight excluding hydrogens is 217 g/mol. The Kier molecular flexibility index (Phi) is 2.34. The highest BCUT2D eigenvalue weighted by Crippen LogP contribution is 2.51. The van der Waals surface area contributed by atoms with E-state index in [-0.39, 0.29) is 5.75 Å². The van der Waals surface area contributed by atoms with E-state index in [1.165, 1.54) is 12.1 Å². The Hall–Kier alpha value is -1.63. The Morgan fingerprint density at radius 3 is 2.38 bits per heavy atom. The van der Waals surface area contributed by atoms with Crippen LogP contribution in [0.3, 0.4) is 0 Å². The molecule has 84 valence electrons. The summed E-state index contributed by atoms with van der Waals surface area (Å²) in [6.07, 6.45) is 2.09. The molecule has 0 heterocycles. The van der Waals surface area contributed by atoms with Crippen molar-refractivity contribution in [2.45, 2.75) is 24.6 Å². The van der Waals surface area contributed by atoms with Crippen LogP contribution in [0.4, 0.5) is 13.2 Å². The van der Waals surface area contributed by atoms with Gasteiger partial charge in [-0.15, -0.1) is 19.6 Å². The van der Waals surface area contributed by atoms with Crippen LogP contribution in [0.15, 0.2) is 24.3 Å². The summed E-state index contributed by atoms with van der Waals surface area (Å²) in [4.78, 5) is 0. The molecule has 0 aromatic heterocycles. The summed E-state index contributed by atoms with van der Waals surface area (Å²) in [6.45, 7) is 0. The van der Waals surface area contributed by atoms with Gasteiger partial charge in [0.2, 0.25) is 0 Å². The molecule has 0 radical (unpaired) electrons. The van der Waals surface area contributed by atoms with Gasteiger partial charge in [0.1, 0.15) is 5.75 Å². The number of ether oxygens (including phenoxy) is 1. The van der Waals surface area contributed by atoms with E-state index in [0.29, 0.717) is 18.4 Å². The van der Waals surface area contributed by atoms with Crippen molar-refractivity contribution < 1.29 is 17.9 Å². The highest BCUT2D eigenvalue weighted by atomic mass is 19.4. The van der Waals surface area contributed by atoms with Crippen LogP contribution in [0, 0.1) is 12.3 Å². The molecule has 0 bridgehead atoms. The molecule has 0 spiro atoms. The minimum Gasteiger partial charge on any atom is -0.405 e. The average molecular weight is 226 g/mol. The molecule has 1 aromatic rings. The summed E-state index contributed by atoms with van der Waals surface area (Å²) < 4.78 is 40.4. The van der Waals surface area contributed by atoms with E-state index in [2.05, 4.69) is 10.7 Å². The summed E-state index contributed by atoms with van der Waals surface area (Å²) >= 11 is 0. The molecule has 0 saturated heterocycles. The Labute approximate surface area is 91.2 Å². The van der Waals surface area contributed by atoms with Gasteiger partial charge in [0.25, 0.3) is 0 Å². The quantitative estimate of drug-likeness (QED) is 0.703. The lowest BCUT2D eigenvalue weighted by atomic mass is 9.96. The fourth-order valence-corrected chi connectivity index (χ4v) is 1.69. The summed E-state index contributed by atoms with van der Waals surface area (Å²) in [6, 6.07) is 6.04. The fraction of sp³-hybridized carbons (Fsp3) is 0.333. The van der Waals surface area contributed by atoms with Crippen molar-refractivity contribution in [3.05, 3.63) is 29.8 Å². The predicted octanol–water partition coefficient (Wildman–Crippen LogP) is 3.25. The maximum atomic E-state index is 12.2. The summed E-state index contributed by atoms with van der Waals surface area (Å²) in [5.41, 5.74) is -0.100. The molecule has 1 aliphatic rings. The van der Waals surface area contributed by atoms with E-state index in [1.54, 1.807) is 12.1 Å². The van der Waals surface area contributed by atoms with E-state index in [0.717, 1.165) is 0 Å². The van der Waals surface area contributed by atoms with Crippen LogP contribution in [0.25, 0.3) is 0 Å². The first-order valence-electron chi connectivity index (χ1n) is 4.80. The van der Waals surface area contributed by atoms with Crippen LogP contribution in [0.2, 0.25) is 0 Å². The maximum Gasteiger partial charge on any atom is 0.573 e. The van der Waals surface area contributed by atoms with Crippen LogP contribution < -0.4 is 4.74 Å². The van der Waals surface area contributed by atoms with Gasteiger partial charge in [0.15, 0.2) is 0 Å². The third-order valence-electron chi connectivity index (χ3n) is 2.65. The van der Waals surface area contributed by atoms with Gasteiger partial charge in [-0.05, 0) is 18.9 Å². The number of halogens is 3. The lowest BCUT2D eigenvalue weighted by Gasteiger charge is -2.16. The zero-order valence-corrected chi connectivity index (χ0v) is 8.34. The molecular formula is C12H9F3O. The third-order valence-corrected chi connectivity index (χ3v) is 2.65. The monoisotopic (exact) mass is 226 g/mol. The van der Waals surface area contributed by atoms with Gasteiger partial charge < -0.3 is 4.74 Å². The summed E-state index contributed by atoms with van der Waals surface area (Å²) in [5.74, 6) is 2.36.